The molecule has 2 N–H and O–H groups in total. The van der Waals surface area contributed by atoms with Crippen molar-refractivity contribution in [3.8, 4) is 5.75 Å². The molecule has 5 nitrogen and oxygen atoms in total. The number of aliphatic imine (C=N–C) groups is 1. The Bertz CT molecular complexity index is 638. The van der Waals surface area contributed by atoms with Crippen molar-refractivity contribution < 1.29 is 9.47 Å². The highest BCUT2D eigenvalue weighted by molar-refractivity contribution is 8.00. The average Bonchev–Trinajstić information content (AvgIpc) is 3.22. The number of nitrogens with one attached hydrogen (secondary N) is 2. The molecule has 27 heavy (non-hydrogen) atoms. The Morgan fingerprint density at radius 3 is 2.81 bits per heavy atom. The molecule has 0 aromatic heterocycles. The van der Waals surface area contributed by atoms with Gasteiger partial charge in [0.15, 0.2) is 5.96 Å². The summed E-state index contributed by atoms with van der Waals surface area (Å²) in [6.07, 6.45) is 4.60. The first-order valence-electron chi connectivity index (χ1n) is 9.96. The van der Waals surface area contributed by atoms with Gasteiger partial charge in [-0.3, -0.25) is 4.99 Å². The van der Waals surface area contributed by atoms with Crippen LogP contribution in [0.3, 0.4) is 0 Å². The SMILES string of the molecule is CN=C(NCC1CCCS1)NCC1(c2cc(C)ccc2OC)CCOCC1. The van der Waals surface area contributed by atoms with Crippen molar-refractivity contribution in [3.63, 3.8) is 0 Å². The molecule has 1 aromatic rings. The fourth-order valence-electron chi connectivity index (χ4n) is 4.03. The van der Waals surface area contributed by atoms with E-state index in [4.69, 9.17) is 9.47 Å². The lowest BCUT2D eigenvalue weighted by atomic mass is 9.73. The Hall–Kier alpha value is -1.40. The van der Waals surface area contributed by atoms with Crippen molar-refractivity contribution in [2.45, 2.75) is 43.3 Å². The number of aryl methyl sites for hydroxylation is 1. The molecular weight excluding hydrogens is 358 g/mol. The number of benzene rings is 1. The van der Waals surface area contributed by atoms with Crippen molar-refractivity contribution in [2.75, 3.05) is 46.2 Å². The molecule has 0 radical (unpaired) electrons. The quantitative estimate of drug-likeness (QED) is 0.576. The van der Waals surface area contributed by atoms with E-state index in [1.807, 2.05) is 7.05 Å². The van der Waals surface area contributed by atoms with Crippen LogP contribution in [0, 0.1) is 6.92 Å². The molecule has 1 atom stereocenters. The minimum absolute atomic E-state index is 0.00462. The summed E-state index contributed by atoms with van der Waals surface area (Å²) in [5.74, 6) is 3.14. The van der Waals surface area contributed by atoms with Crippen LogP contribution in [-0.4, -0.2) is 57.4 Å². The highest BCUT2D eigenvalue weighted by Crippen LogP contribution is 2.40. The van der Waals surface area contributed by atoms with Crippen LogP contribution in [-0.2, 0) is 10.2 Å². The van der Waals surface area contributed by atoms with Gasteiger partial charge in [0.05, 0.1) is 7.11 Å². The van der Waals surface area contributed by atoms with E-state index in [9.17, 15) is 0 Å². The van der Waals surface area contributed by atoms with E-state index in [2.05, 4.69) is 52.5 Å². The van der Waals surface area contributed by atoms with E-state index in [0.29, 0.717) is 5.25 Å². The molecule has 1 unspecified atom stereocenters. The van der Waals surface area contributed by atoms with Gasteiger partial charge in [-0.1, -0.05) is 17.7 Å². The minimum atomic E-state index is -0.00462. The summed E-state index contributed by atoms with van der Waals surface area (Å²) in [7, 11) is 3.61. The lowest BCUT2D eigenvalue weighted by Gasteiger charge is -2.39. The molecule has 0 spiro atoms. The molecule has 0 bridgehead atoms. The van der Waals surface area contributed by atoms with Gasteiger partial charge in [0.1, 0.15) is 5.75 Å². The van der Waals surface area contributed by atoms with Crippen LogP contribution in [0.1, 0.15) is 36.8 Å². The van der Waals surface area contributed by atoms with E-state index in [-0.39, 0.29) is 5.41 Å². The molecule has 6 heteroatoms. The van der Waals surface area contributed by atoms with Gasteiger partial charge < -0.3 is 20.1 Å². The largest absolute Gasteiger partial charge is 0.496 e. The van der Waals surface area contributed by atoms with Crippen LogP contribution < -0.4 is 15.4 Å². The second-order valence-electron chi connectivity index (χ2n) is 7.54. The second kappa shape index (κ2) is 9.69. The normalized spacial score (nSPS) is 22.5. The van der Waals surface area contributed by atoms with Crippen molar-refractivity contribution in [1.29, 1.82) is 0 Å². The number of methoxy groups -OCH3 is 1. The number of ether oxygens (including phenoxy) is 2. The van der Waals surface area contributed by atoms with E-state index in [0.717, 1.165) is 50.9 Å². The summed E-state index contributed by atoms with van der Waals surface area (Å²) >= 11 is 2.07. The van der Waals surface area contributed by atoms with Crippen LogP contribution in [0.25, 0.3) is 0 Å². The number of rotatable bonds is 6. The van der Waals surface area contributed by atoms with Gasteiger partial charge in [-0.25, -0.2) is 0 Å². The molecule has 0 aliphatic carbocycles. The van der Waals surface area contributed by atoms with Crippen LogP contribution in [0.4, 0.5) is 0 Å². The average molecular weight is 392 g/mol. The molecule has 0 amide bonds. The zero-order valence-electron chi connectivity index (χ0n) is 16.8. The van der Waals surface area contributed by atoms with E-state index in [1.165, 1.54) is 29.7 Å². The fraction of sp³-hybridized carbons (Fsp3) is 0.667. The summed E-state index contributed by atoms with van der Waals surface area (Å²) in [5.41, 5.74) is 2.54. The molecule has 3 rings (SSSR count). The lowest BCUT2D eigenvalue weighted by molar-refractivity contribution is 0.0505. The Kier molecular flexibility index (Phi) is 7.30. The first kappa shape index (κ1) is 20.3. The number of thioether (sulfide) groups is 1. The van der Waals surface area contributed by atoms with Gasteiger partial charge in [0, 0.05) is 49.6 Å². The smallest absolute Gasteiger partial charge is 0.191 e. The Balaban J connectivity index is 1.72. The standard InChI is InChI=1S/C21H33N3O2S/c1-16-6-7-19(25-3)18(13-16)21(8-10-26-11-9-21)15-24-20(22-2)23-14-17-5-4-12-27-17/h6-7,13,17H,4-5,8-12,14-15H2,1-3H3,(H2,22,23,24). The summed E-state index contributed by atoms with van der Waals surface area (Å²) in [5, 5.41) is 7.81. The Morgan fingerprint density at radius 1 is 1.33 bits per heavy atom. The maximum atomic E-state index is 5.71. The maximum Gasteiger partial charge on any atom is 0.191 e. The lowest BCUT2D eigenvalue weighted by Crippen LogP contribution is -2.49. The van der Waals surface area contributed by atoms with Crippen molar-refractivity contribution >= 4 is 17.7 Å². The molecule has 2 fully saturated rings. The maximum absolute atomic E-state index is 5.71. The summed E-state index contributed by atoms with van der Waals surface area (Å²) in [4.78, 5) is 4.44. The molecule has 2 aliphatic heterocycles. The number of nitrogens with zero attached hydrogens (tertiary/aromatic N) is 1. The first-order chi connectivity index (χ1) is 13.2. The third-order valence-corrected chi connectivity index (χ3v) is 7.11. The number of hydrogen-bond acceptors (Lipinski definition) is 4. The molecule has 2 saturated heterocycles. The van der Waals surface area contributed by atoms with Gasteiger partial charge in [-0.15, -0.1) is 0 Å². The Labute approximate surface area is 167 Å². The molecule has 2 aliphatic rings. The molecule has 2 heterocycles. The van der Waals surface area contributed by atoms with Crippen molar-refractivity contribution in [2.24, 2.45) is 4.99 Å². The van der Waals surface area contributed by atoms with Gasteiger partial charge in [-0.2, -0.15) is 11.8 Å². The number of guanidine groups is 1. The predicted molar refractivity (Wildman–Crippen MR) is 114 cm³/mol. The molecular formula is C21H33N3O2S. The first-order valence-corrected chi connectivity index (χ1v) is 11.0. The second-order valence-corrected chi connectivity index (χ2v) is 8.95. The van der Waals surface area contributed by atoms with Gasteiger partial charge in [-0.05, 0) is 44.4 Å². The van der Waals surface area contributed by atoms with E-state index >= 15 is 0 Å². The van der Waals surface area contributed by atoms with Crippen LogP contribution in [0.2, 0.25) is 0 Å². The van der Waals surface area contributed by atoms with E-state index in [1.54, 1.807) is 7.11 Å². The molecule has 0 saturated carbocycles. The predicted octanol–water partition coefficient (Wildman–Crippen LogP) is 3.11. The third kappa shape index (κ3) is 5.11. The third-order valence-electron chi connectivity index (χ3n) is 5.72. The number of hydrogen-bond donors (Lipinski definition) is 2. The molecule has 150 valence electrons. The topological polar surface area (TPSA) is 54.9 Å². The minimum Gasteiger partial charge on any atom is -0.496 e. The fourth-order valence-corrected chi connectivity index (χ4v) is 5.23. The van der Waals surface area contributed by atoms with Gasteiger partial charge in [0.2, 0.25) is 0 Å². The monoisotopic (exact) mass is 391 g/mol. The Morgan fingerprint density at radius 2 is 2.15 bits per heavy atom. The van der Waals surface area contributed by atoms with Crippen LogP contribution in [0.5, 0.6) is 5.75 Å². The zero-order chi connectivity index (χ0) is 19.1. The molecule has 1 aromatic carbocycles. The van der Waals surface area contributed by atoms with Crippen molar-refractivity contribution in [3.05, 3.63) is 29.3 Å². The summed E-state index contributed by atoms with van der Waals surface area (Å²) < 4.78 is 11.4. The van der Waals surface area contributed by atoms with Crippen LogP contribution in [0.15, 0.2) is 23.2 Å². The van der Waals surface area contributed by atoms with Crippen LogP contribution >= 0.6 is 11.8 Å². The van der Waals surface area contributed by atoms with Gasteiger partial charge >= 0.3 is 0 Å². The van der Waals surface area contributed by atoms with E-state index < -0.39 is 0 Å². The zero-order valence-corrected chi connectivity index (χ0v) is 17.7. The van der Waals surface area contributed by atoms with Crippen molar-refractivity contribution in [1.82, 2.24) is 10.6 Å². The highest BCUT2D eigenvalue weighted by Gasteiger charge is 2.37. The van der Waals surface area contributed by atoms with Gasteiger partial charge in [0.25, 0.3) is 0 Å². The highest BCUT2D eigenvalue weighted by atomic mass is 32.2. The summed E-state index contributed by atoms with van der Waals surface area (Å²) in [6, 6.07) is 6.48. The summed E-state index contributed by atoms with van der Waals surface area (Å²) in [6.45, 7) is 5.51.